The molecule has 5 amide bonds. The molecular formula is C31H33N9O4. The van der Waals surface area contributed by atoms with Gasteiger partial charge < -0.3 is 36.6 Å². The van der Waals surface area contributed by atoms with Gasteiger partial charge in [-0.1, -0.05) is 0 Å². The van der Waals surface area contributed by atoms with E-state index < -0.39 is 11.9 Å². The van der Waals surface area contributed by atoms with Gasteiger partial charge in [0.25, 0.3) is 0 Å². The van der Waals surface area contributed by atoms with Crippen molar-refractivity contribution >= 4 is 41.0 Å². The number of amides is 5. The Balaban J connectivity index is 1.39. The molecule has 2 atom stereocenters. The summed E-state index contributed by atoms with van der Waals surface area (Å²) in [4.78, 5) is 52.1. The van der Waals surface area contributed by atoms with E-state index in [9.17, 15) is 14.4 Å². The second-order valence-corrected chi connectivity index (χ2v) is 10.3. The molecule has 0 bridgehead atoms. The summed E-state index contributed by atoms with van der Waals surface area (Å²) in [6.07, 6.45) is 0. The maximum absolute atomic E-state index is 12.5. The van der Waals surface area contributed by atoms with Crippen molar-refractivity contribution in [1.82, 2.24) is 20.3 Å². The van der Waals surface area contributed by atoms with Crippen molar-refractivity contribution < 1.29 is 19.1 Å². The fourth-order valence-electron chi connectivity index (χ4n) is 4.75. The average molecular weight is 596 g/mol. The summed E-state index contributed by atoms with van der Waals surface area (Å²) >= 11 is 0. The standard InChI is InChI=1S/C31H33N9O4/c1-18-16-44-17-19(2)40(18)29-38-27(21-6-12-23(13-7-21)34-30(42)33-3)37-28(39-29)22-8-14-25(15-9-22)36-31(43)35-24-10-4-20(5-11-24)26(32)41/h4-15,18-19H,16-17H2,1-3H3,(H2,32,41)(H2,33,34,42)(H2,35,36,43). The lowest BCUT2D eigenvalue weighted by Crippen LogP contribution is -2.50. The van der Waals surface area contributed by atoms with Crippen LogP contribution in [0.2, 0.25) is 0 Å². The Morgan fingerprint density at radius 3 is 1.57 bits per heavy atom. The van der Waals surface area contributed by atoms with E-state index in [1.807, 2.05) is 24.3 Å². The highest BCUT2D eigenvalue weighted by atomic mass is 16.5. The SMILES string of the molecule is CNC(=O)Nc1ccc(-c2nc(-c3ccc(NC(=O)Nc4ccc(C(N)=O)cc4)cc3)nc(N3C(C)COCC3C)n2)cc1. The lowest BCUT2D eigenvalue weighted by molar-refractivity contribution is 0.0747. The highest BCUT2D eigenvalue weighted by Crippen LogP contribution is 2.28. The van der Waals surface area contributed by atoms with Crippen LogP contribution < -0.4 is 31.9 Å². The maximum atomic E-state index is 12.5. The van der Waals surface area contributed by atoms with Crippen molar-refractivity contribution in [3.05, 3.63) is 78.4 Å². The van der Waals surface area contributed by atoms with Gasteiger partial charge in [-0.15, -0.1) is 0 Å². The molecule has 1 aliphatic heterocycles. The lowest BCUT2D eigenvalue weighted by Gasteiger charge is -2.38. The third-order valence-electron chi connectivity index (χ3n) is 6.98. The van der Waals surface area contributed by atoms with Gasteiger partial charge in [-0.25, -0.2) is 14.6 Å². The Hall–Kier alpha value is -5.56. The van der Waals surface area contributed by atoms with Gasteiger partial charge in [0.1, 0.15) is 0 Å². The van der Waals surface area contributed by atoms with Crippen LogP contribution in [0.3, 0.4) is 0 Å². The van der Waals surface area contributed by atoms with E-state index in [1.54, 1.807) is 55.6 Å². The van der Waals surface area contributed by atoms with Crippen LogP contribution in [-0.4, -0.2) is 65.3 Å². The Morgan fingerprint density at radius 1 is 0.705 bits per heavy atom. The van der Waals surface area contributed by atoms with Crippen LogP contribution in [0.5, 0.6) is 0 Å². The van der Waals surface area contributed by atoms with E-state index >= 15 is 0 Å². The molecule has 1 saturated heterocycles. The molecule has 1 aromatic heterocycles. The van der Waals surface area contributed by atoms with Crippen molar-refractivity contribution in [2.45, 2.75) is 25.9 Å². The number of ether oxygens (including phenoxy) is 1. The molecule has 0 saturated carbocycles. The summed E-state index contributed by atoms with van der Waals surface area (Å²) in [7, 11) is 1.55. The number of primary amides is 1. The van der Waals surface area contributed by atoms with E-state index in [0.29, 0.717) is 53.4 Å². The Labute approximate surface area is 254 Å². The zero-order valence-electron chi connectivity index (χ0n) is 24.5. The normalized spacial score (nSPS) is 16.1. The first-order valence-corrected chi connectivity index (χ1v) is 14.0. The molecular weight excluding hydrogens is 562 g/mol. The summed E-state index contributed by atoms with van der Waals surface area (Å²) in [6, 6.07) is 20.0. The van der Waals surface area contributed by atoms with Crippen molar-refractivity contribution in [1.29, 1.82) is 0 Å². The van der Waals surface area contributed by atoms with Crippen LogP contribution in [0.4, 0.5) is 32.6 Å². The first kappa shape index (κ1) is 29.9. The average Bonchev–Trinajstić information content (AvgIpc) is 3.01. The first-order valence-electron chi connectivity index (χ1n) is 14.0. The number of carbonyl (C=O) groups is 3. The van der Waals surface area contributed by atoms with E-state index in [4.69, 9.17) is 25.4 Å². The van der Waals surface area contributed by atoms with Crippen LogP contribution in [-0.2, 0) is 4.74 Å². The van der Waals surface area contributed by atoms with Crippen LogP contribution in [0, 0.1) is 0 Å². The van der Waals surface area contributed by atoms with E-state index in [1.165, 1.54) is 0 Å². The molecule has 1 fully saturated rings. The number of nitrogens with one attached hydrogen (secondary N) is 4. The smallest absolute Gasteiger partial charge is 0.323 e. The number of hydrogen-bond donors (Lipinski definition) is 5. The van der Waals surface area contributed by atoms with Crippen LogP contribution >= 0.6 is 0 Å². The summed E-state index contributed by atoms with van der Waals surface area (Å²) in [5, 5.41) is 10.8. The summed E-state index contributed by atoms with van der Waals surface area (Å²) < 4.78 is 5.72. The number of hydrogen-bond acceptors (Lipinski definition) is 8. The first-order chi connectivity index (χ1) is 21.2. The van der Waals surface area contributed by atoms with E-state index in [0.717, 1.165) is 11.1 Å². The molecule has 13 heteroatoms. The fraction of sp³-hybridized carbons (Fsp3) is 0.226. The molecule has 44 heavy (non-hydrogen) atoms. The van der Waals surface area contributed by atoms with Gasteiger partial charge in [0.05, 0.1) is 25.3 Å². The highest BCUT2D eigenvalue weighted by molar-refractivity contribution is 6.00. The van der Waals surface area contributed by atoms with Crippen LogP contribution in [0.15, 0.2) is 72.8 Å². The quantitative estimate of drug-likeness (QED) is 0.210. The molecule has 2 heterocycles. The predicted octanol–water partition coefficient (Wildman–Crippen LogP) is 4.31. The molecule has 3 aromatic carbocycles. The van der Waals surface area contributed by atoms with Gasteiger partial charge >= 0.3 is 12.1 Å². The highest BCUT2D eigenvalue weighted by Gasteiger charge is 2.29. The third-order valence-corrected chi connectivity index (χ3v) is 6.98. The van der Waals surface area contributed by atoms with Gasteiger partial charge in [0.15, 0.2) is 11.6 Å². The molecule has 0 spiro atoms. The Morgan fingerprint density at radius 2 is 1.14 bits per heavy atom. The second kappa shape index (κ2) is 13.2. The zero-order valence-corrected chi connectivity index (χ0v) is 24.5. The molecule has 0 radical (unpaired) electrons. The van der Waals surface area contributed by atoms with Gasteiger partial charge in [0, 0.05) is 40.8 Å². The van der Waals surface area contributed by atoms with Crippen LogP contribution in [0.1, 0.15) is 24.2 Å². The molecule has 0 aliphatic carbocycles. The number of aromatic nitrogens is 3. The number of nitrogens with zero attached hydrogens (tertiary/aromatic N) is 4. The van der Waals surface area contributed by atoms with Gasteiger partial charge in [-0.2, -0.15) is 9.97 Å². The number of benzene rings is 3. The summed E-state index contributed by atoms with van der Waals surface area (Å²) in [5.41, 5.74) is 8.81. The number of anilines is 4. The minimum atomic E-state index is -0.541. The largest absolute Gasteiger partial charge is 0.377 e. The minimum Gasteiger partial charge on any atom is -0.377 e. The van der Waals surface area contributed by atoms with Crippen molar-refractivity contribution in [2.75, 3.05) is 41.1 Å². The molecule has 2 unspecified atom stereocenters. The monoisotopic (exact) mass is 595 g/mol. The zero-order chi connectivity index (χ0) is 31.2. The molecule has 6 N–H and O–H groups in total. The summed E-state index contributed by atoms with van der Waals surface area (Å²) in [5.74, 6) is 0.936. The number of rotatable bonds is 7. The lowest BCUT2D eigenvalue weighted by atomic mass is 10.1. The Bertz CT molecular complexity index is 1630. The third kappa shape index (κ3) is 7.07. The molecule has 1 aliphatic rings. The van der Waals surface area contributed by atoms with Crippen molar-refractivity contribution in [3.63, 3.8) is 0 Å². The number of carbonyl (C=O) groups excluding carboxylic acids is 3. The molecule has 226 valence electrons. The fourth-order valence-corrected chi connectivity index (χ4v) is 4.75. The predicted molar refractivity (Wildman–Crippen MR) is 169 cm³/mol. The van der Waals surface area contributed by atoms with Crippen LogP contribution in [0.25, 0.3) is 22.8 Å². The van der Waals surface area contributed by atoms with Gasteiger partial charge in [-0.3, -0.25) is 4.79 Å². The molecule has 13 nitrogen and oxygen atoms in total. The molecule has 4 aromatic rings. The number of morpholine rings is 1. The van der Waals surface area contributed by atoms with Gasteiger partial charge in [-0.05, 0) is 86.6 Å². The number of urea groups is 2. The van der Waals surface area contributed by atoms with E-state index in [2.05, 4.69) is 40.0 Å². The molecule has 5 rings (SSSR count). The second-order valence-electron chi connectivity index (χ2n) is 10.3. The maximum Gasteiger partial charge on any atom is 0.323 e. The van der Waals surface area contributed by atoms with Crippen molar-refractivity contribution in [2.24, 2.45) is 5.73 Å². The minimum absolute atomic E-state index is 0.0538. The van der Waals surface area contributed by atoms with Gasteiger partial charge in [0.2, 0.25) is 11.9 Å². The number of nitrogens with two attached hydrogens (primary N) is 1. The Kier molecular flexibility index (Phi) is 8.95. The topological polar surface area (TPSA) is 176 Å². The van der Waals surface area contributed by atoms with Crippen molar-refractivity contribution in [3.8, 4) is 22.8 Å². The summed E-state index contributed by atoms with van der Waals surface area (Å²) in [6.45, 7) is 5.24. The van der Waals surface area contributed by atoms with E-state index in [-0.39, 0.29) is 18.1 Å².